The lowest BCUT2D eigenvalue weighted by Gasteiger charge is -2.08. The van der Waals surface area contributed by atoms with Gasteiger partial charge >= 0.3 is 0 Å². The van der Waals surface area contributed by atoms with E-state index in [2.05, 4.69) is 10.5 Å². The van der Waals surface area contributed by atoms with Gasteiger partial charge in [0.1, 0.15) is 12.4 Å². The number of benzene rings is 3. The molecule has 0 saturated heterocycles. The number of hydrogen-bond acceptors (Lipinski definition) is 3. The van der Waals surface area contributed by atoms with Gasteiger partial charge in [-0.05, 0) is 78.7 Å². The van der Waals surface area contributed by atoms with Crippen LogP contribution in [-0.4, -0.2) is 11.6 Å². The van der Waals surface area contributed by atoms with Gasteiger partial charge in [-0.2, -0.15) is 5.10 Å². The van der Waals surface area contributed by atoms with Crippen molar-refractivity contribution in [3.63, 3.8) is 0 Å². The monoisotopic (exact) mass is 412 g/mol. The molecule has 0 saturated carbocycles. The smallest absolute Gasteiger partial charge is 0.271 e. The van der Waals surface area contributed by atoms with Gasteiger partial charge in [-0.15, -0.1) is 0 Å². The highest BCUT2D eigenvalue weighted by molar-refractivity contribution is 6.30. The number of ether oxygens (including phenoxy) is 1. The molecule has 4 nitrogen and oxygen atoms in total. The van der Waals surface area contributed by atoms with Gasteiger partial charge in [0.05, 0.1) is 5.71 Å². The first-order valence-electron chi connectivity index (χ1n) is 8.59. The van der Waals surface area contributed by atoms with Crippen molar-refractivity contribution in [1.82, 2.24) is 5.43 Å². The molecule has 1 N–H and O–H groups in total. The zero-order chi connectivity index (χ0) is 19.9. The van der Waals surface area contributed by atoms with Gasteiger partial charge < -0.3 is 4.74 Å². The molecule has 6 heteroatoms. The molecule has 0 fully saturated rings. The van der Waals surface area contributed by atoms with E-state index in [0.717, 1.165) is 16.9 Å². The number of nitrogens with zero attached hydrogens (tertiary/aromatic N) is 1. The van der Waals surface area contributed by atoms with Crippen LogP contribution < -0.4 is 10.2 Å². The van der Waals surface area contributed by atoms with E-state index >= 15 is 0 Å². The zero-order valence-corrected chi connectivity index (χ0v) is 16.7. The van der Waals surface area contributed by atoms with E-state index in [-0.39, 0.29) is 5.91 Å². The molecule has 142 valence electrons. The Morgan fingerprint density at radius 3 is 2.00 bits per heavy atom. The first-order valence-corrected chi connectivity index (χ1v) is 9.35. The van der Waals surface area contributed by atoms with Gasteiger partial charge in [-0.1, -0.05) is 35.3 Å². The highest BCUT2D eigenvalue weighted by atomic mass is 35.5. The number of carbonyl (C=O) groups is 1. The predicted octanol–water partition coefficient (Wildman–Crippen LogP) is 5.73. The van der Waals surface area contributed by atoms with E-state index in [1.54, 1.807) is 24.3 Å². The van der Waals surface area contributed by atoms with Crippen molar-refractivity contribution in [2.24, 2.45) is 5.10 Å². The number of halogens is 2. The number of hydrogen-bond donors (Lipinski definition) is 1. The topological polar surface area (TPSA) is 50.7 Å². The summed E-state index contributed by atoms with van der Waals surface area (Å²) in [4.78, 5) is 12.1. The normalized spacial score (nSPS) is 11.2. The van der Waals surface area contributed by atoms with Crippen molar-refractivity contribution < 1.29 is 9.53 Å². The molecule has 0 atom stereocenters. The maximum atomic E-state index is 12.1. The quantitative estimate of drug-likeness (QED) is 0.415. The van der Waals surface area contributed by atoms with Crippen LogP contribution in [0.3, 0.4) is 0 Å². The van der Waals surface area contributed by atoms with Crippen molar-refractivity contribution in [3.05, 3.63) is 99.5 Å². The van der Waals surface area contributed by atoms with Gasteiger partial charge in [-0.3, -0.25) is 4.79 Å². The minimum absolute atomic E-state index is 0.293. The summed E-state index contributed by atoms with van der Waals surface area (Å²) in [5, 5.41) is 5.43. The van der Waals surface area contributed by atoms with Crippen molar-refractivity contribution in [3.8, 4) is 5.75 Å². The van der Waals surface area contributed by atoms with Crippen molar-refractivity contribution >= 4 is 34.8 Å². The molecular weight excluding hydrogens is 395 g/mol. The minimum Gasteiger partial charge on any atom is -0.489 e. The lowest BCUT2D eigenvalue weighted by Crippen LogP contribution is -2.19. The predicted molar refractivity (Wildman–Crippen MR) is 113 cm³/mol. The van der Waals surface area contributed by atoms with E-state index in [4.69, 9.17) is 27.9 Å². The number of carbonyl (C=O) groups excluding carboxylic acids is 1. The summed E-state index contributed by atoms with van der Waals surface area (Å²) in [7, 11) is 0. The fourth-order valence-corrected chi connectivity index (χ4v) is 2.66. The number of nitrogens with one attached hydrogen (secondary N) is 1. The van der Waals surface area contributed by atoms with Crippen molar-refractivity contribution in [1.29, 1.82) is 0 Å². The molecule has 0 bridgehead atoms. The molecule has 28 heavy (non-hydrogen) atoms. The van der Waals surface area contributed by atoms with Crippen LogP contribution in [0.5, 0.6) is 5.75 Å². The summed E-state index contributed by atoms with van der Waals surface area (Å²) in [5.41, 5.74) is 5.65. The lowest BCUT2D eigenvalue weighted by atomic mass is 10.1. The maximum Gasteiger partial charge on any atom is 0.271 e. The fraction of sp³-hybridized carbons (Fsp3) is 0.0909. The molecule has 0 heterocycles. The maximum absolute atomic E-state index is 12.1. The molecule has 0 aliphatic rings. The van der Waals surface area contributed by atoms with Crippen LogP contribution in [-0.2, 0) is 6.61 Å². The van der Waals surface area contributed by atoms with Crippen LogP contribution in [0.1, 0.15) is 28.4 Å². The third kappa shape index (κ3) is 5.59. The molecule has 3 aromatic rings. The first-order chi connectivity index (χ1) is 13.5. The zero-order valence-electron chi connectivity index (χ0n) is 15.2. The van der Waals surface area contributed by atoms with E-state index in [1.165, 1.54) is 0 Å². The number of hydrazone groups is 1. The average molecular weight is 413 g/mol. The molecule has 3 aromatic carbocycles. The first kappa shape index (κ1) is 19.9. The van der Waals surface area contributed by atoms with Gasteiger partial charge in [0.2, 0.25) is 0 Å². The molecule has 0 aliphatic heterocycles. The summed E-state index contributed by atoms with van der Waals surface area (Å²) < 4.78 is 5.77. The van der Waals surface area contributed by atoms with Crippen LogP contribution in [0.2, 0.25) is 10.0 Å². The lowest BCUT2D eigenvalue weighted by molar-refractivity contribution is 0.0955. The number of rotatable bonds is 6. The Balaban J connectivity index is 1.57. The molecular formula is C22H18Cl2N2O2. The average Bonchev–Trinajstić information content (AvgIpc) is 2.72. The largest absolute Gasteiger partial charge is 0.489 e. The van der Waals surface area contributed by atoms with E-state index < -0.39 is 0 Å². The summed E-state index contributed by atoms with van der Waals surface area (Å²) in [6.45, 7) is 2.28. The Bertz CT molecular complexity index is 967. The van der Waals surface area contributed by atoms with E-state index in [0.29, 0.717) is 27.9 Å². The second-order valence-electron chi connectivity index (χ2n) is 6.08. The molecule has 0 unspecified atom stereocenters. The Morgan fingerprint density at radius 1 is 0.857 bits per heavy atom. The standard InChI is InChI=1S/C22H18Cl2N2O2/c1-15(25-26-22(27)18-4-10-20(24)11-5-18)17-6-12-21(13-7-17)28-14-16-2-8-19(23)9-3-16/h2-13H,14H2,1H3,(H,26,27)/b25-15+. The Morgan fingerprint density at radius 2 is 1.39 bits per heavy atom. The SMILES string of the molecule is C/C(=N\NC(=O)c1ccc(Cl)cc1)c1ccc(OCc2ccc(Cl)cc2)cc1. The number of amides is 1. The molecule has 1 amide bonds. The second kappa shape index (κ2) is 9.40. The minimum atomic E-state index is -0.293. The van der Waals surface area contributed by atoms with Crippen LogP contribution >= 0.6 is 23.2 Å². The highest BCUT2D eigenvalue weighted by Crippen LogP contribution is 2.16. The highest BCUT2D eigenvalue weighted by Gasteiger charge is 2.05. The summed E-state index contributed by atoms with van der Waals surface area (Å²) >= 11 is 11.7. The molecule has 0 aliphatic carbocycles. The Labute approximate surface area is 173 Å². The molecule has 3 rings (SSSR count). The van der Waals surface area contributed by atoms with E-state index in [1.807, 2.05) is 55.5 Å². The van der Waals surface area contributed by atoms with Gasteiger partial charge in [0.25, 0.3) is 5.91 Å². The van der Waals surface area contributed by atoms with Crippen molar-refractivity contribution in [2.75, 3.05) is 0 Å². The Hall–Kier alpha value is -2.82. The Kier molecular flexibility index (Phi) is 6.69. The van der Waals surface area contributed by atoms with Crippen LogP contribution in [0, 0.1) is 0 Å². The van der Waals surface area contributed by atoms with Gasteiger partial charge in [-0.25, -0.2) is 5.43 Å². The van der Waals surface area contributed by atoms with Crippen LogP contribution in [0.15, 0.2) is 77.9 Å². The second-order valence-corrected chi connectivity index (χ2v) is 6.96. The van der Waals surface area contributed by atoms with Crippen LogP contribution in [0.25, 0.3) is 0 Å². The summed E-state index contributed by atoms with van der Waals surface area (Å²) in [6, 6.07) is 21.7. The summed E-state index contributed by atoms with van der Waals surface area (Å²) in [5.74, 6) is 0.454. The third-order valence-corrected chi connectivity index (χ3v) is 4.53. The van der Waals surface area contributed by atoms with Crippen LogP contribution in [0.4, 0.5) is 0 Å². The third-order valence-electron chi connectivity index (χ3n) is 4.02. The molecule has 0 spiro atoms. The fourth-order valence-electron chi connectivity index (χ4n) is 2.40. The summed E-state index contributed by atoms with van der Waals surface area (Å²) in [6.07, 6.45) is 0. The van der Waals surface area contributed by atoms with Crippen molar-refractivity contribution in [2.45, 2.75) is 13.5 Å². The van der Waals surface area contributed by atoms with Gasteiger partial charge in [0.15, 0.2) is 0 Å². The molecule has 0 aromatic heterocycles. The molecule has 0 radical (unpaired) electrons. The van der Waals surface area contributed by atoms with E-state index in [9.17, 15) is 4.79 Å². The van der Waals surface area contributed by atoms with Gasteiger partial charge in [0, 0.05) is 15.6 Å².